The highest BCUT2D eigenvalue weighted by atomic mass is 79.9. The van der Waals surface area contributed by atoms with Crippen LogP contribution in [0.3, 0.4) is 0 Å². The number of benzene rings is 1. The van der Waals surface area contributed by atoms with E-state index in [1.165, 1.54) is 0 Å². The van der Waals surface area contributed by atoms with E-state index in [0.29, 0.717) is 27.7 Å². The van der Waals surface area contributed by atoms with Crippen molar-refractivity contribution in [1.29, 1.82) is 0 Å². The van der Waals surface area contributed by atoms with Crippen molar-refractivity contribution in [2.24, 2.45) is 5.92 Å². The lowest BCUT2D eigenvalue weighted by atomic mass is 9.97. The second-order valence-electron chi connectivity index (χ2n) is 5.50. The van der Waals surface area contributed by atoms with Crippen LogP contribution in [0.25, 0.3) is 0 Å². The van der Waals surface area contributed by atoms with Gasteiger partial charge in [0.15, 0.2) is 0 Å². The smallest absolute Gasteiger partial charge is 0.207 e. The molecule has 20 heavy (non-hydrogen) atoms. The van der Waals surface area contributed by atoms with E-state index >= 15 is 0 Å². The second kappa shape index (κ2) is 6.34. The molecule has 0 radical (unpaired) electrons. The van der Waals surface area contributed by atoms with Gasteiger partial charge in [-0.3, -0.25) is 0 Å². The normalized spacial score (nSPS) is 24.8. The zero-order chi connectivity index (χ0) is 14.9. The summed E-state index contributed by atoms with van der Waals surface area (Å²) in [5.74, 6) is 0.706. The highest BCUT2D eigenvalue weighted by Crippen LogP contribution is 2.32. The molecule has 1 heterocycles. The van der Waals surface area contributed by atoms with Gasteiger partial charge in [-0.15, -0.1) is 11.6 Å². The van der Waals surface area contributed by atoms with Crippen molar-refractivity contribution in [3.63, 3.8) is 0 Å². The van der Waals surface area contributed by atoms with Crippen LogP contribution >= 0.6 is 27.5 Å². The largest absolute Gasteiger partial charge is 0.244 e. The van der Waals surface area contributed by atoms with Crippen molar-refractivity contribution >= 4 is 37.6 Å². The molecule has 0 aromatic heterocycles. The third-order valence-electron chi connectivity index (χ3n) is 3.80. The Morgan fingerprint density at radius 1 is 1.35 bits per heavy atom. The van der Waals surface area contributed by atoms with Crippen molar-refractivity contribution in [1.82, 2.24) is 4.31 Å². The molecule has 1 fully saturated rings. The van der Waals surface area contributed by atoms with E-state index in [9.17, 15) is 8.42 Å². The molecule has 2 atom stereocenters. The average molecular weight is 381 g/mol. The van der Waals surface area contributed by atoms with Crippen LogP contribution in [0.5, 0.6) is 0 Å². The maximum atomic E-state index is 12.9. The van der Waals surface area contributed by atoms with Gasteiger partial charge in [-0.05, 0) is 59.3 Å². The predicted molar refractivity (Wildman–Crippen MR) is 85.5 cm³/mol. The summed E-state index contributed by atoms with van der Waals surface area (Å²) in [5, 5.41) is 0. The highest BCUT2D eigenvalue weighted by molar-refractivity contribution is 9.10. The van der Waals surface area contributed by atoms with Gasteiger partial charge in [0.2, 0.25) is 10.0 Å². The molecule has 2 rings (SSSR count). The van der Waals surface area contributed by atoms with Gasteiger partial charge in [-0.25, -0.2) is 8.42 Å². The fourth-order valence-electron chi connectivity index (χ4n) is 2.54. The minimum absolute atomic E-state index is 0.0442. The summed E-state index contributed by atoms with van der Waals surface area (Å²) in [7, 11) is -3.48. The maximum Gasteiger partial charge on any atom is 0.244 e. The lowest BCUT2D eigenvalue weighted by molar-refractivity contribution is 0.218. The number of sulfonamides is 1. The molecule has 112 valence electrons. The Kier molecular flexibility index (Phi) is 5.16. The minimum Gasteiger partial charge on any atom is -0.207 e. The number of rotatable bonds is 3. The molecule has 1 aliphatic heterocycles. The van der Waals surface area contributed by atoms with Crippen LogP contribution in [0, 0.1) is 5.92 Å². The molecule has 0 saturated carbocycles. The lowest BCUT2D eigenvalue weighted by Gasteiger charge is -2.35. The number of nitrogens with zero attached hydrogens (tertiary/aromatic N) is 1. The summed E-state index contributed by atoms with van der Waals surface area (Å²) in [5.41, 5.74) is 0.811. The first-order valence-corrected chi connectivity index (χ1v) is 9.49. The number of alkyl halides is 1. The lowest BCUT2D eigenvalue weighted by Crippen LogP contribution is -2.44. The molecular weight excluding hydrogens is 362 g/mol. The SMILES string of the molecule is CC1CCC(C)N(S(=O)(=O)c2cc(CCl)ccc2Br)C1. The summed E-state index contributed by atoms with van der Waals surface area (Å²) < 4.78 is 28.0. The van der Waals surface area contributed by atoms with E-state index in [2.05, 4.69) is 22.9 Å². The summed E-state index contributed by atoms with van der Waals surface area (Å²) in [6.45, 7) is 4.66. The van der Waals surface area contributed by atoms with Gasteiger partial charge in [0.1, 0.15) is 0 Å². The standard InChI is InChI=1S/C14H19BrClNO2S/c1-10-3-4-11(2)17(9-10)20(18,19)14-7-12(8-16)5-6-13(14)15/h5-7,10-11H,3-4,8-9H2,1-2H3. The summed E-state index contributed by atoms with van der Waals surface area (Å²) >= 11 is 9.16. The fourth-order valence-corrected chi connectivity index (χ4v) is 5.46. The van der Waals surface area contributed by atoms with Crippen LogP contribution in [-0.2, 0) is 15.9 Å². The Labute approximate surface area is 134 Å². The van der Waals surface area contributed by atoms with E-state index in [-0.39, 0.29) is 6.04 Å². The van der Waals surface area contributed by atoms with Crippen LogP contribution in [0.2, 0.25) is 0 Å². The molecule has 3 nitrogen and oxygen atoms in total. The van der Waals surface area contributed by atoms with Crippen molar-refractivity contribution in [3.8, 4) is 0 Å². The van der Waals surface area contributed by atoms with Gasteiger partial charge in [0, 0.05) is 22.9 Å². The first-order valence-electron chi connectivity index (χ1n) is 6.72. The van der Waals surface area contributed by atoms with Crippen LogP contribution in [0.1, 0.15) is 32.3 Å². The molecule has 1 saturated heterocycles. The van der Waals surface area contributed by atoms with E-state index in [4.69, 9.17) is 11.6 Å². The molecule has 0 aliphatic carbocycles. The Morgan fingerprint density at radius 2 is 2.05 bits per heavy atom. The van der Waals surface area contributed by atoms with Gasteiger partial charge in [-0.1, -0.05) is 13.0 Å². The third-order valence-corrected chi connectivity index (χ3v) is 7.08. The summed E-state index contributed by atoms with van der Waals surface area (Å²) in [6.07, 6.45) is 1.99. The number of hydrogen-bond acceptors (Lipinski definition) is 2. The van der Waals surface area contributed by atoms with Gasteiger partial charge in [-0.2, -0.15) is 4.31 Å². The van der Waals surface area contributed by atoms with Gasteiger partial charge in [0.25, 0.3) is 0 Å². The van der Waals surface area contributed by atoms with E-state index in [0.717, 1.165) is 18.4 Å². The monoisotopic (exact) mass is 379 g/mol. The topological polar surface area (TPSA) is 37.4 Å². The van der Waals surface area contributed by atoms with Crippen LogP contribution in [0.4, 0.5) is 0 Å². The first-order chi connectivity index (χ1) is 9.36. The molecule has 0 amide bonds. The van der Waals surface area contributed by atoms with Crippen LogP contribution < -0.4 is 0 Å². The van der Waals surface area contributed by atoms with Gasteiger partial charge in [0.05, 0.1) is 4.90 Å². The van der Waals surface area contributed by atoms with Crippen molar-refractivity contribution in [3.05, 3.63) is 28.2 Å². The molecule has 2 unspecified atom stereocenters. The fraction of sp³-hybridized carbons (Fsp3) is 0.571. The maximum absolute atomic E-state index is 12.9. The zero-order valence-electron chi connectivity index (χ0n) is 11.6. The van der Waals surface area contributed by atoms with E-state index in [1.54, 1.807) is 16.4 Å². The minimum atomic E-state index is -3.48. The Bertz CT molecular complexity index is 591. The molecule has 0 bridgehead atoms. The number of piperidine rings is 1. The Balaban J connectivity index is 2.43. The molecule has 1 aliphatic rings. The van der Waals surface area contributed by atoms with E-state index < -0.39 is 10.0 Å². The van der Waals surface area contributed by atoms with E-state index in [1.807, 2.05) is 13.0 Å². The predicted octanol–water partition coefficient (Wildman–Crippen LogP) is 4.00. The first kappa shape index (κ1) is 16.3. The molecule has 1 aromatic carbocycles. The zero-order valence-corrected chi connectivity index (χ0v) is 14.8. The second-order valence-corrected chi connectivity index (χ2v) is 8.49. The van der Waals surface area contributed by atoms with Crippen molar-refractivity contribution < 1.29 is 8.42 Å². The molecule has 6 heteroatoms. The summed E-state index contributed by atoms with van der Waals surface area (Å²) in [4.78, 5) is 0.316. The van der Waals surface area contributed by atoms with Crippen molar-refractivity contribution in [2.75, 3.05) is 6.54 Å². The quantitative estimate of drug-likeness (QED) is 0.743. The van der Waals surface area contributed by atoms with Crippen LogP contribution in [0.15, 0.2) is 27.6 Å². The highest BCUT2D eigenvalue weighted by Gasteiger charge is 2.34. The molecular formula is C14H19BrClNO2S. The van der Waals surface area contributed by atoms with Gasteiger partial charge >= 0.3 is 0 Å². The third kappa shape index (κ3) is 3.21. The average Bonchev–Trinajstić information content (AvgIpc) is 2.41. The molecule has 0 spiro atoms. The van der Waals surface area contributed by atoms with Crippen LogP contribution in [-0.4, -0.2) is 25.3 Å². The molecule has 1 aromatic rings. The molecule has 0 N–H and O–H groups in total. The van der Waals surface area contributed by atoms with Crippen molar-refractivity contribution in [2.45, 2.75) is 43.5 Å². The summed E-state index contributed by atoms with van der Waals surface area (Å²) in [6, 6.07) is 5.29. The van der Waals surface area contributed by atoms with Gasteiger partial charge < -0.3 is 0 Å². The number of hydrogen-bond donors (Lipinski definition) is 0. The Hall–Kier alpha value is -0.100. The Morgan fingerprint density at radius 3 is 2.70 bits per heavy atom. The number of halogens is 2.